The summed E-state index contributed by atoms with van der Waals surface area (Å²) in [4.78, 5) is 18.4. The van der Waals surface area contributed by atoms with E-state index in [2.05, 4.69) is 10.3 Å². The predicted molar refractivity (Wildman–Crippen MR) is 76.5 cm³/mol. The van der Waals surface area contributed by atoms with E-state index in [-0.39, 0.29) is 11.6 Å². The zero-order valence-corrected chi connectivity index (χ0v) is 11.6. The fourth-order valence-electron chi connectivity index (χ4n) is 2.33. The Bertz CT molecular complexity index is 594. The Balaban J connectivity index is 1.83. The number of amides is 1. The summed E-state index contributed by atoms with van der Waals surface area (Å²) in [6.07, 6.45) is 2.08. The van der Waals surface area contributed by atoms with Crippen LogP contribution in [-0.2, 0) is 9.53 Å². The van der Waals surface area contributed by atoms with Gasteiger partial charge in [0, 0.05) is 12.6 Å². The normalized spacial score (nSPS) is 21.7. The molecule has 2 fully saturated rings. The Labute approximate surface area is 122 Å². The van der Waals surface area contributed by atoms with Crippen molar-refractivity contribution in [1.29, 1.82) is 5.26 Å². The SMILES string of the molecule is N#Cc1nc(N2CCOCC2C(=O)NC2CC2)ccc1N. The number of nitriles is 1. The molecule has 3 rings (SSSR count). The van der Waals surface area contributed by atoms with E-state index < -0.39 is 6.04 Å². The van der Waals surface area contributed by atoms with Crippen LogP contribution >= 0.6 is 0 Å². The van der Waals surface area contributed by atoms with Crippen LogP contribution in [0.25, 0.3) is 0 Å². The zero-order chi connectivity index (χ0) is 14.8. The van der Waals surface area contributed by atoms with E-state index in [0.29, 0.717) is 37.3 Å². The Hall–Kier alpha value is -2.33. The van der Waals surface area contributed by atoms with Gasteiger partial charge in [-0.05, 0) is 25.0 Å². The van der Waals surface area contributed by atoms with Gasteiger partial charge in [-0.15, -0.1) is 0 Å². The highest BCUT2D eigenvalue weighted by atomic mass is 16.5. The molecule has 1 atom stereocenters. The quantitative estimate of drug-likeness (QED) is 0.812. The van der Waals surface area contributed by atoms with E-state index in [1.165, 1.54) is 0 Å². The fourth-order valence-corrected chi connectivity index (χ4v) is 2.33. The largest absolute Gasteiger partial charge is 0.396 e. The van der Waals surface area contributed by atoms with Crippen molar-refractivity contribution < 1.29 is 9.53 Å². The van der Waals surface area contributed by atoms with Crippen LogP contribution in [0.3, 0.4) is 0 Å². The molecule has 1 aromatic rings. The number of morpholine rings is 1. The molecule has 2 aliphatic rings. The molecule has 7 heteroatoms. The van der Waals surface area contributed by atoms with Crippen molar-refractivity contribution in [3.8, 4) is 6.07 Å². The molecule has 21 heavy (non-hydrogen) atoms. The number of ether oxygens (including phenoxy) is 1. The number of pyridine rings is 1. The smallest absolute Gasteiger partial charge is 0.245 e. The molecule has 1 aliphatic carbocycles. The number of nitrogen functional groups attached to an aromatic ring is 1. The lowest BCUT2D eigenvalue weighted by Crippen LogP contribution is -2.54. The number of nitrogens with one attached hydrogen (secondary N) is 1. The molecule has 1 saturated carbocycles. The minimum absolute atomic E-state index is 0.0469. The number of nitrogens with zero attached hydrogens (tertiary/aromatic N) is 3. The Morgan fingerprint density at radius 1 is 1.52 bits per heavy atom. The fraction of sp³-hybridized carbons (Fsp3) is 0.500. The Morgan fingerprint density at radius 2 is 2.33 bits per heavy atom. The molecule has 7 nitrogen and oxygen atoms in total. The molecule has 1 unspecified atom stereocenters. The number of nitrogens with two attached hydrogens (primary N) is 1. The van der Waals surface area contributed by atoms with Gasteiger partial charge in [-0.2, -0.15) is 5.26 Å². The van der Waals surface area contributed by atoms with Crippen LogP contribution in [0.1, 0.15) is 18.5 Å². The first-order valence-corrected chi connectivity index (χ1v) is 7.00. The summed E-state index contributed by atoms with van der Waals surface area (Å²) in [5, 5.41) is 12.0. The van der Waals surface area contributed by atoms with Gasteiger partial charge in [-0.1, -0.05) is 0 Å². The third-order valence-electron chi connectivity index (χ3n) is 3.67. The molecule has 2 heterocycles. The van der Waals surface area contributed by atoms with Crippen LogP contribution in [0.15, 0.2) is 12.1 Å². The maximum atomic E-state index is 12.3. The molecule has 1 saturated heterocycles. The number of hydrogen-bond acceptors (Lipinski definition) is 6. The summed E-state index contributed by atoms with van der Waals surface area (Å²) in [5.41, 5.74) is 6.21. The summed E-state index contributed by atoms with van der Waals surface area (Å²) in [6, 6.07) is 5.23. The molecule has 3 N–H and O–H groups in total. The summed E-state index contributed by atoms with van der Waals surface area (Å²) >= 11 is 0. The molecule has 0 spiro atoms. The zero-order valence-electron chi connectivity index (χ0n) is 11.6. The van der Waals surface area contributed by atoms with Gasteiger partial charge < -0.3 is 20.7 Å². The molecule has 0 bridgehead atoms. The highest BCUT2D eigenvalue weighted by molar-refractivity contribution is 5.86. The standard InChI is InChI=1S/C14H17N5O2/c15-7-11-10(16)3-4-13(18-11)19-5-6-21-8-12(19)14(20)17-9-1-2-9/h3-4,9,12H,1-2,5-6,8,16H2,(H,17,20). The average molecular weight is 287 g/mol. The van der Waals surface area contributed by atoms with Crippen molar-refractivity contribution in [2.45, 2.75) is 24.9 Å². The van der Waals surface area contributed by atoms with Gasteiger partial charge in [0.15, 0.2) is 5.69 Å². The van der Waals surface area contributed by atoms with Crippen LogP contribution in [0.2, 0.25) is 0 Å². The molecular weight excluding hydrogens is 270 g/mol. The average Bonchev–Trinajstić information content (AvgIpc) is 3.32. The topological polar surface area (TPSA) is 104 Å². The highest BCUT2D eigenvalue weighted by Crippen LogP contribution is 2.23. The molecule has 1 aliphatic heterocycles. The van der Waals surface area contributed by atoms with E-state index >= 15 is 0 Å². The van der Waals surface area contributed by atoms with Crippen molar-refractivity contribution in [3.63, 3.8) is 0 Å². The van der Waals surface area contributed by atoms with Crippen molar-refractivity contribution in [1.82, 2.24) is 10.3 Å². The van der Waals surface area contributed by atoms with Gasteiger partial charge >= 0.3 is 0 Å². The second-order valence-electron chi connectivity index (χ2n) is 5.29. The van der Waals surface area contributed by atoms with E-state index in [1.54, 1.807) is 12.1 Å². The first-order chi connectivity index (χ1) is 10.2. The predicted octanol–water partition coefficient (Wildman–Crippen LogP) is 0.0193. The van der Waals surface area contributed by atoms with Crippen LogP contribution in [0.4, 0.5) is 11.5 Å². The van der Waals surface area contributed by atoms with Crippen LogP contribution in [0.5, 0.6) is 0 Å². The van der Waals surface area contributed by atoms with E-state index in [1.807, 2.05) is 11.0 Å². The molecule has 0 radical (unpaired) electrons. The van der Waals surface area contributed by atoms with Crippen molar-refractivity contribution in [2.24, 2.45) is 0 Å². The minimum atomic E-state index is -0.415. The third-order valence-corrected chi connectivity index (χ3v) is 3.67. The molecule has 110 valence electrons. The van der Waals surface area contributed by atoms with E-state index in [0.717, 1.165) is 12.8 Å². The molecule has 1 amide bonds. The van der Waals surface area contributed by atoms with Gasteiger partial charge in [-0.3, -0.25) is 4.79 Å². The summed E-state index contributed by atoms with van der Waals surface area (Å²) in [6.45, 7) is 1.41. The summed E-state index contributed by atoms with van der Waals surface area (Å²) < 4.78 is 5.42. The number of aromatic nitrogens is 1. The number of hydrogen-bond donors (Lipinski definition) is 2. The van der Waals surface area contributed by atoms with Crippen LogP contribution < -0.4 is 16.0 Å². The van der Waals surface area contributed by atoms with Gasteiger partial charge in [0.1, 0.15) is 17.9 Å². The van der Waals surface area contributed by atoms with Gasteiger partial charge in [0.05, 0.1) is 18.9 Å². The van der Waals surface area contributed by atoms with Crippen LogP contribution in [0, 0.1) is 11.3 Å². The lowest BCUT2D eigenvalue weighted by atomic mass is 10.2. The summed E-state index contributed by atoms with van der Waals surface area (Å²) in [5.74, 6) is 0.536. The number of carbonyl (C=O) groups excluding carboxylic acids is 1. The lowest BCUT2D eigenvalue weighted by Gasteiger charge is -2.35. The summed E-state index contributed by atoms with van der Waals surface area (Å²) in [7, 11) is 0. The number of anilines is 2. The van der Waals surface area contributed by atoms with Crippen molar-refractivity contribution in [2.75, 3.05) is 30.4 Å². The lowest BCUT2D eigenvalue weighted by molar-refractivity contribution is -0.124. The Morgan fingerprint density at radius 3 is 3.05 bits per heavy atom. The van der Waals surface area contributed by atoms with Crippen molar-refractivity contribution >= 4 is 17.4 Å². The molecular formula is C14H17N5O2. The van der Waals surface area contributed by atoms with E-state index in [4.69, 9.17) is 15.7 Å². The van der Waals surface area contributed by atoms with Crippen LogP contribution in [-0.4, -0.2) is 42.7 Å². The Kier molecular flexibility index (Phi) is 3.62. The minimum Gasteiger partial charge on any atom is -0.396 e. The number of rotatable bonds is 3. The molecule has 0 aromatic carbocycles. The molecule has 1 aromatic heterocycles. The maximum Gasteiger partial charge on any atom is 0.245 e. The third kappa shape index (κ3) is 2.90. The monoisotopic (exact) mass is 287 g/mol. The second kappa shape index (κ2) is 5.58. The van der Waals surface area contributed by atoms with Crippen molar-refractivity contribution in [3.05, 3.63) is 17.8 Å². The maximum absolute atomic E-state index is 12.3. The number of carbonyl (C=O) groups is 1. The first kappa shape index (κ1) is 13.6. The second-order valence-corrected chi connectivity index (χ2v) is 5.29. The van der Waals surface area contributed by atoms with Gasteiger partial charge in [0.25, 0.3) is 0 Å². The van der Waals surface area contributed by atoms with Gasteiger partial charge in [-0.25, -0.2) is 4.98 Å². The highest BCUT2D eigenvalue weighted by Gasteiger charge is 2.34. The first-order valence-electron chi connectivity index (χ1n) is 7.00. The van der Waals surface area contributed by atoms with E-state index in [9.17, 15) is 4.79 Å². The van der Waals surface area contributed by atoms with Gasteiger partial charge in [0.2, 0.25) is 5.91 Å².